The van der Waals surface area contributed by atoms with Gasteiger partial charge >= 0.3 is 0 Å². The Morgan fingerprint density at radius 2 is 0.432 bits per heavy atom. The fraction of sp³-hybridized carbons (Fsp3) is 0.368. The number of hydrogen-bond donors (Lipinski definition) is 0. The molecule has 0 saturated heterocycles. The van der Waals surface area contributed by atoms with E-state index >= 15 is 0 Å². The number of rotatable bonds is 33. The van der Waals surface area contributed by atoms with Gasteiger partial charge in [-0.2, -0.15) is 0 Å². The normalized spacial score (nSPS) is 10.5. The maximum atomic E-state index is 6.08. The lowest BCUT2D eigenvalue weighted by Gasteiger charge is -2.08. The first-order valence-electron chi connectivity index (χ1n) is 44.6. The fourth-order valence-electron chi connectivity index (χ4n) is 14.6. The Morgan fingerprint density at radius 3 is 0.686 bits per heavy atom. The monoisotopic (exact) mass is 1590 g/mol. The Kier molecular flexibility index (Phi) is 37.1. The Hall–Kier alpha value is -10.8. The second kappa shape index (κ2) is 48.8. The minimum absolute atomic E-state index is 0.731. The molecule has 0 unspecified atom stereocenters. The van der Waals surface area contributed by atoms with Crippen LogP contribution in [0.2, 0.25) is 0 Å². The van der Waals surface area contributed by atoms with E-state index < -0.39 is 0 Å². The first kappa shape index (κ1) is 89.6. The van der Waals surface area contributed by atoms with Crippen LogP contribution in [0.25, 0.3) is 9.75 Å². The minimum atomic E-state index is 0.731. The van der Waals surface area contributed by atoms with Crippen LogP contribution in [0.4, 0.5) is 0 Å². The Labute approximate surface area is 720 Å². The molecule has 0 spiro atoms. The van der Waals surface area contributed by atoms with Crippen molar-refractivity contribution in [2.45, 2.75) is 263 Å². The van der Waals surface area contributed by atoms with Crippen LogP contribution < -0.4 is 9.47 Å². The number of hydrogen-bond acceptors (Lipinski definition) is 4. The summed E-state index contributed by atoms with van der Waals surface area (Å²) in [5.41, 5.74) is 26.1. The van der Waals surface area contributed by atoms with Crippen molar-refractivity contribution in [3.63, 3.8) is 0 Å². The Bertz CT molecular complexity index is 5170. The fourth-order valence-corrected chi connectivity index (χ4v) is 16.7. The number of aryl methyl sites for hydroxylation is 10. The lowest BCUT2D eigenvalue weighted by molar-refractivity contribution is 0.305. The van der Waals surface area contributed by atoms with Gasteiger partial charge < -0.3 is 9.47 Å². The minimum Gasteiger partial charge on any atom is -0.494 e. The molecule has 0 fully saturated rings. The molecule has 602 valence electrons. The van der Waals surface area contributed by atoms with Gasteiger partial charge in [0.05, 0.1) is 32.7 Å². The highest BCUT2D eigenvalue weighted by Crippen LogP contribution is 2.40. The molecule has 0 aliphatic heterocycles. The summed E-state index contributed by atoms with van der Waals surface area (Å²) in [6, 6.07) is 56.8. The average Bonchev–Trinajstić information content (AvgIpc) is 1.65. The van der Waals surface area contributed by atoms with Crippen LogP contribution in [-0.4, -0.2) is 13.2 Å². The highest BCUT2D eigenvalue weighted by atomic mass is 32.1. The van der Waals surface area contributed by atoms with E-state index in [1.807, 2.05) is 24.3 Å². The third-order valence-electron chi connectivity index (χ3n) is 22.0. The summed E-state index contributed by atoms with van der Waals surface area (Å²) in [5.74, 6) is 60.2. The van der Waals surface area contributed by atoms with Crippen LogP contribution in [0.5, 0.6) is 11.5 Å². The van der Waals surface area contributed by atoms with E-state index in [0.717, 1.165) is 221 Å². The van der Waals surface area contributed by atoms with Crippen molar-refractivity contribution in [1.29, 1.82) is 0 Å². The highest BCUT2D eigenvalue weighted by molar-refractivity contribution is 7.23. The summed E-state index contributed by atoms with van der Waals surface area (Å²) < 4.78 is 12.2. The molecule has 10 aromatic rings. The van der Waals surface area contributed by atoms with Gasteiger partial charge in [0, 0.05) is 77.9 Å². The Balaban J connectivity index is 1.07. The number of ether oxygens (including phenoxy) is 2. The molecule has 0 aliphatic carbocycles. The van der Waals surface area contributed by atoms with E-state index in [2.05, 4.69) is 311 Å². The number of unbranched alkanes of at least 4 members (excludes halogenated alkanes) is 14. The van der Waals surface area contributed by atoms with Crippen molar-refractivity contribution in [2.75, 3.05) is 13.2 Å². The van der Waals surface area contributed by atoms with E-state index in [4.69, 9.17) is 9.47 Å². The van der Waals surface area contributed by atoms with Gasteiger partial charge in [-0.25, -0.2) is 0 Å². The highest BCUT2D eigenvalue weighted by Gasteiger charge is 2.19. The lowest BCUT2D eigenvalue weighted by Crippen LogP contribution is -1.97. The topological polar surface area (TPSA) is 18.5 Å². The maximum absolute atomic E-state index is 6.08. The average molecular weight is 1590 g/mol. The zero-order valence-electron chi connectivity index (χ0n) is 72.9. The molecule has 4 heteroatoms. The molecule has 10 rings (SSSR count). The van der Waals surface area contributed by atoms with Gasteiger partial charge in [0.25, 0.3) is 0 Å². The number of thiophene rings is 2. The molecule has 0 atom stereocenters. The van der Waals surface area contributed by atoms with E-state index in [9.17, 15) is 0 Å². The summed E-state index contributed by atoms with van der Waals surface area (Å²) >= 11 is 3.37. The van der Waals surface area contributed by atoms with Crippen molar-refractivity contribution >= 4 is 22.7 Å². The number of benzene rings is 8. The van der Waals surface area contributed by atoms with Crippen molar-refractivity contribution in [3.8, 4) is 116 Å². The van der Waals surface area contributed by atoms with Crippen molar-refractivity contribution in [2.24, 2.45) is 0 Å². The lowest BCUT2D eigenvalue weighted by atomic mass is 9.95. The van der Waals surface area contributed by atoms with Crippen LogP contribution in [0.1, 0.15) is 342 Å². The van der Waals surface area contributed by atoms with Crippen LogP contribution in [0, 0.1) is 94.7 Å². The molecule has 8 aromatic carbocycles. The second-order valence-electron chi connectivity index (χ2n) is 30.8. The molecule has 0 radical (unpaired) electrons. The standard InChI is InChI=1S/C114H122O2S2/c1-13-25-29-33-35-39-85-41-45-87(46-42-85)49-57-99-77-97(23-11)105(81-93(99)19-7)65-71-111-83-107(63-61-103-79-91(17-5)101(75-95(103)21-9)59-51-89-53-67-109(68-54-89)115-73-37-31-27-15-3)113(117-111)114-108(64-62-104-80-92(18-6)102(76-96(104)22-10)60-52-90-55-69-110(70-56-90)116-74-38-32-28-16-4)84-112(118-114)72-66-106-82-94(20-8)100(78-98(106)24-12)58-50-88-47-43-86(44-48-88)40-36-34-30-26-14-2/h41-48,53-56,67-70,75-84H,13-40,73-74H2,1-12H3. The van der Waals surface area contributed by atoms with Crippen molar-refractivity contribution < 1.29 is 9.47 Å². The molecule has 0 N–H and O–H groups in total. The molecular weight excluding hydrogens is 1470 g/mol. The summed E-state index contributed by atoms with van der Waals surface area (Å²) in [5, 5.41) is 0. The third kappa shape index (κ3) is 27.1. The van der Waals surface area contributed by atoms with Crippen LogP contribution in [0.15, 0.2) is 158 Å². The molecule has 118 heavy (non-hydrogen) atoms. The first-order valence-corrected chi connectivity index (χ1v) is 46.3. The molecule has 0 saturated carbocycles. The Morgan fingerprint density at radius 1 is 0.212 bits per heavy atom. The molecule has 0 aliphatic rings. The summed E-state index contributed by atoms with van der Waals surface area (Å²) in [7, 11) is 0. The van der Waals surface area contributed by atoms with Gasteiger partial charge in [0.2, 0.25) is 0 Å². The van der Waals surface area contributed by atoms with Gasteiger partial charge in [0.15, 0.2) is 0 Å². The molecule has 2 heterocycles. The predicted octanol–water partition coefficient (Wildman–Crippen LogP) is 28.1. The smallest absolute Gasteiger partial charge is 0.119 e. The van der Waals surface area contributed by atoms with E-state index in [1.165, 1.54) is 136 Å². The molecule has 0 bridgehead atoms. The largest absolute Gasteiger partial charge is 0.494 e. The first-order chi connectivity index (χ1) is 57.9. The van der Waals surface area contributed by atoms with Gasteiger partial charge in [-0.05, 0) is 279 Å². The zero-order chi connectivity index (χ0) is 83.1. The molecule has 0 amide bonds. The quantitative estimate of drug-likeness (QED) is 0.0301. The molecular formula is C114H122O2S2. The van der Waals surface area contributed by atoms with Crippen LogP contribution in [-0.2, 0) is 64.2 Å². The SMILES string of the molecule is CCCCCCCc1ccc(C#Cc2cc(CC)c(C#Cc3cc(C#Cc4cc(CC)c(C#Cc5ccc(OCCCCCC)cc5)cc4CC)c(-c4sc(C#Cc5cc(CC)c(C#Cc6ccc(CCCCCCC)cc6)cc5CC)cc4C#Cc4cc(CC)c(C#Cc5ccc(OCCCCCC)cc5)cc4CC)s3)cc2CC)cc1. The van der Waals surface area contributed by atoms with E-state index in [-0.39, 0.29) is 0 Å². The van der Waals surface area contributed by atoms with Crippen molar-refractivity contribution in [1.82, 2.24) is 0 Å². The van der Waals surface area contributed by atoms with E-state index in [1.54, 1.807) is 22.7 Å². The maximum Gasteiger partial charge on any atom is 0.119 e. The van der Waals surface area contributed by atoms with Crippen LogP contribution >= 0.6 is 22.7 Å². The van der Waals surface area contributed by atoms with Gasteiger partial charge in [-0.15, -0.1) is 22.7 Å². The molecule has 2 aromatic heterocycles. The second-order valence-corrected chi connectivity index (χ2v) is 32.9. The van der Waals surface area contributed by atoms with E-state index in [0.29, 0.717) is 0 Å². The predicted molar refractivity (Wildman–Crippen MR) is 506 cm³/mol. The van der Waals surface area contributed by atoms with Gasteiger partial charge in [-0.1, -0.05) is 292 Å². The summed E-state index contributed by atoms with van der Waals surface area (Å²) in [4.78, 5) is 3.87. The van der Waals surface area contributed by atoms with Crippen LogP contribution in [0.3, 0.4) is 0 Å². The zero-order valence-corrected chi connectivity index (χ0v) is 74.5. The summed E-state index contributed by atoms with van der Waals surface area (Å²) in [6.45, 7) is 28.2. The summed E-state index contributed by atoms with van der Waals surface area (Å²) in [6.07, 6.45) is 31.0. The van der Waals surface area contributed by atoms with Gasteiger partial charge in [-0.3, -0.25) is 0 Å². The van der Waals surface area contributed by atoms with Gasteiger partial charge in [0.1, 0.15) is 11.5 Å². The third-order valence-corrected chi connectivity index (χ3v) is 24.3. The molecule has 2 nitrogen and oxygen atoms in total. The van der Waals surface area contributed by atoms with Crippen molar-refractivity contribution in [3.05, 3.63) is 301 Å².